The lowest BCUT2D eigenvalue weighted by atomic mass is 10.0. The zero-order valence-electron chi connectivity index (χ0n) is 19.0. The van der Waals surface area contributed by atoms with Crippen molar-refractivity contribution in [2.24, 2.45) is 0 Å². The van der Waals surface area contributed by atoms with Gasteiger partial charge in [0, 0.05) is 6.42 Å². The highest BCUT2D eigenvalue weighted by molar-refractivity contribution is 5.77. The third kappa shape index (κ3) is 13.4. The third-order valence-electron chi connectivity index (χ3n) is 5.79. The van der Waals surface area contributed by atoms with Crippen molar-refractivity contribution in [3.05, 3.63) is 12.2 Å². The van der Waals surface area contributed by atoms with Crippen LogP contribution in [0.1, 0.15) is 104 Å². The quantitative estimate of drug-likeness (QED) is 0.272. The van der Waals surface area contributed by atoms with E-state index in [2.05, 4.69) is 0 Å². The molecule has 1 aliphatic heterocycles. The van der Waals surface area contributed by atoms with Crippen molar-refractivity contribution in [1.29, 1.82) is 0 Å². The zero-order valence-corrected chi connectivity index (χ0v) is 19.0. The van der Waals surface area contributed by atoms with E-state index in [0.717, 1.165) is 31.8 Å². The lowest BCUT2D eigenvalue weighted by molar-refractivity contribution is -0.297. The molecular formula is C24H43O6-. The summed E-state index contributed by atoms with van der Waals surface area (Å²) in [5.41, 5.74) is 0. The summed E-state index contributed by atoms with van der Waals surface area (Å²) in [7, 11) is 0. The van der Waals surface area contributed by atoms with Crippen LogP contribution in [-0.4, -0.2) is 46.9 Å². The highest BCUT2D eigenvalue weighted by atomic mass is 16.7. The van der Waals surface area contributed by atoms with E-state index in [1.807, 2.05) is 6.92 Å². The molecule has 0 aliphatic carbocycles. The van der Waals surface area contributed by atoms with Crippen LogP contribution in [0, 0.1) is 0 Å². The van der Waals surface area contributed by atoms with Crippen molar-refractivity contribution in [2.45, 2.75) is 134 Å². The first-order valence-electron chi connectivity index (χ1n) is 11.9. The van der Waals surface area contributed by atoms with Gasteiger partial charge in [0.05, 0.1) is 24.3 Å². The predicted octanol–water partition coefficient (Wildman–Crippen LogP) is 3.63. The Hall–Kier alpha value is -0.950. The van der Waals surface area contributed by atoms with E-state index in [9.17, 15) is 20.1 Å². The Balaban J connectivity index is 1.86. The Kier molecular flexibility index (Phi) is 15.1. The molecule has 0 spiro atoms. The monoisotopic (exact) mass is 427 g/mol. The highest BCUT2D eigenvalue weighted by Crippen LogP contribution is 2.23. The first-order valence-corrected chi connectivity index (χ1v) is 11.9. The number of carboxylic acids is 1. The van der Waals surface area contributed by atoms with Crippen molar-refractivity contribution < 1.29 is 29.6 Å². The molecule has 0 unspecified atom stereocenters. The van der Waals surface area contributed by atoms with Crippen LogP contribution in [0.25, 0.3) is 0 Å². The second-order valence-electron chi connectivity index (χ2n) is 8.71. The van der Waals surface area contributed by atoms with Gasteiger partial charge in [-0.25, -0.2) is 0 Å². The van der Waals surface area contributed by atoms with Crippen LogP contribution in [0.15, 0.2) is 12.2 Å². The minimum atomic E-state index is -1.11. The highest BCUT2D eigenvalue weighted by Gasteiger charge is 2.35. The predicted molar refractivity (Wildman–Crippen MR) is 116 cm³/mol. The summed E-state index contributed by atoms with van der Waals surface area (Å²) in [6.45, 7) is 3.82. The molecule has 0 bridgehead atoms. The molecular weight excluding hydrogens is 384 g/mol. The molecule has 5 atom stereocenters. The summed E-state index contributed by atoms with van der Waals surface area (Å²) in [5, 5.41) is 29.9. The van der Waals surface area contributed by atoms with E-state index in [1.54, 1.807) is 13.0 Å². The van der Waals surface area contributed by atoms with Gasteiger partial charge < -0.3 is 29.6 Å². The fraction of sp³-hybridized carbons (Fsp3) is 0.875. The summed E-state index contributed by atoms with van der Waals surface area (Å²) < 4.78 is 11.4. The second-order valence-corrected chi connectivity index (χ2v) is 8.71. The molecule has 6 heteroatoms. The number of unbranched alkanes of at least 4 members (excludes halogenated alkanes) is 11. The first kappa shape index (κ1) is 27.1. The Morgan fingerprint density at radius 3 is 2.10 bits per heavy atom. The fourth-order valence-electron chi connectivity index (χ4n) is 3.83. The van der Waals surface area contributed by atoms with E-state index in [4.69, 9.17) is 9.47 Å². The topological polar surface area (TPSA) is 99.1 Å². The number of hydrogen-bond donors (Lipinski definition) is 2. The van der Waals surface area contributed by atoms with E-state index in [0.29, 0.717) is 6.42 Å². The van der Waals surface area contributed by atoms with E-state index >= 15 is 0 Å². The number of allylic oxidation sites excluding steroid dienone is 1. The largest absolute Gasteiger partial charge is 0.545 e. The minimum Gasteiger partial charge on any atom is -0.545 e. The van der Waals surface area contributed by atoms with Crippen molar-refractivity contribution >= 4 is 5.97 Å². The molecule has 1 heterocycles. The van der Waals surface area contributed by atoms with Gasteiger partial charge in [-0.3, -0.25) is 0 Å². The molecule has 1 rings (SSSR count). The number of carbonyl (C=O) groups excluding carboxylic acids is 1. The number of aliphatic hydroxyl groups is 2. The molecule has 0 aromatic carbocycles. The molecule has 30 heavy (non-hydrogen) atoms. The van der Waals surface area contributed by atoms with Gasteiger partial charge in [-0.2, -0.15) is 0 Å². The lowest BCUT2D eigenvalue weighted by Crippen LogP contribution is -2.48. The summed E-state index contributed by atoms with van der Waals surface area (Å²) in [4.78, 5) is 10.2. The Labute approximate surface area is 182 Å². The summed E-state index contributed by atoms with van der Waals surface area (Å²) in [5.74, 6) is -1.11. The number of hydrogen-bond acceptors (Lipinski definition) is 6. The van der Waals surface area contributed by atoms with Crippen molar-refractivity contribution in [3.63, 3.8) is 0 Å². The zero-order chi connectivity index (χ0) is 22.2. The molecule has 6 nitrogen and oxygen atoms in total. The maximum atomic E-state index is 10.2. The molecule has 0 aromatic heterocycles. The molecule has 0 saturated carbocycles. The molecule has 176 valence electrons. The van der Waals surface area contributed by atoms with Gasteiger partial charge in [-0.15, -0.1) is 0 Å². The number of carboxylic acid groups (broad SMARTS) is 1. The van der Waals surface area contributed by atoms with Gasteiger partial charge in [-0.1, -0.05) is 70.3 Å². The van der Waals surface area contributed by atoms with Gasteiger partial charge in [0.1, 0.15) is 6.10 Å². The standard InChI is InChI=1S/C24H44O6/c1-19(29-24-22(26)18-21(25)20(2)30-24)16-14-12-10-8-6-4-3-5-7-9-11-13-15-17-23(27)28/h15,17,19-22,24-26H,3-14,16,18H2,1-2H3,(H,27,28)/p-1/b17-15+/t19-,20+,21-,22-,24-/m1/s1. The van der Waals surface area contributed by atoms with Crippen LogP contribution < -0.4 is 5.11 Å². The molecule has 2 N–H and O–H groups in total. The molecule has 0 radical (unpaired) electrons. The first-order chi connectivity index (χ1) is 14.4. The summed E-state index contributed by atoms with van der Waals surface area (Å²) in [6, 6.07) is 0. The lowest BCUT2D eigenvalue weighted by Gasteiger charge is -2.36. The maximum Gasteiger partial charge on any atom is 0.184 e. The Morgan fingerprint density at radius 2 is 1.53 bits per heavy atom. The molecule has 0 aromatic rings. The number of aliphatic hydroxyl groups excluding tert-OH is 2. The van der Waals surface area contributed by atoms with Crippen molar-refractivity contribution in [1.82, 2.24) is 0 Å². The number of aliphatic carboxylic acids is 1. The van der Waals surface area contributed by atoms with Gasteiger partial charge in [-0.05, 0) is 39.2 Å². The van der Waals surface area contributed by atoms with Crippen molar-refractivity contribution in [2.75, 3.05) is 0 Å². The van der Waals surface area contributed by atoms with Crippen LogP contribution in [0.5, 0.6) is 0 Å². The van der Waals surface area contributed by atoms with Gasteiger partial charge >= 0.3 is 0 Å². The van der Waals surface area contributed by atoms with Crippen LogP contribution in [0.3, 0.4) is 0 Å². The van der Waals surface area contributed by atoms with Crippen molar-refractivity contribution in [3.8, 4) is 0 Å². The Morgan fingerprint density at radius 1 is 1.00 bits per heavy atom. The average Bonchev–Trinajstić information content (AvgIpc) is 2.68. The van der Waals surface area contributed by atoms with Gasteiger partial charge in [0.25, 0.3) is 0 Å². The van der Waals surface area contributed by atoms with Crippen LogP contribution in [-0.2, 0) is 14.3 Å². The van der Waals surface area contributed by atoms with E-state index in [-0.39, 0.29) is 12.2 Å². The fourth-order valence-corrected chi connectivity index (χ4v) is 3.83. The second kappa shape index (κ2) is 16.7. The molecule has 1 fully saturated rings. The summed E-state index contributed by atoms with van der Waals surface area (Å²) >= 11 is 0. The van der Waals surface area contributed by atoms with Gasteiger partial charge in [0.15, 0.2) is 6.29 Å². The summed E-state index contributed by atoms with van der Waals surface area (Å²) in [6.07, 6.45) is 16.1. The SMILES string of the molecule is C[C@H](CCCCCCCCCCCCC/C=C/C(=O)[O-])O[C@@H]1O[C@@H](C)[C@H](O)C[C@H]1O. The van der Waals surface area contributed by atoms with Crippen LogP contribution in [0.2, 0.25) is 0 Å². The van der Waals surface area contributed by atoms with Gasteiger partial charge in [0.2, 0.25) is 0 Å². The van der Waals surface area contributed by atoms with Crippen LogP contribution >= 0.6 is 0 Å². The smallest absolute Gasteiger partial charge is 0.184 e. The normalized spacial score (nSPS) is 25.6. The maximum absolute atomic E-state index is 10.2. The van der Waals surface area contributed by atoms with E-state index < -0.39 is 24.5 Å². The molecule has 0 amide bonds. The molecule has 1 saturated heterocycles. The third-order valence-corrected chi connectivity index (χ3v) is 5.79. The number of ether oxygens (including phenoxy) is 2. The Bertz CT molecular complexity index is 467. The number of carbonyl (C=O) groups is 1. The minimum absolute atomic E-state index is 0.0448. The van der Waals surface area contributed by atoms with Crippen LogP contribution in [0.4, 0.5) is 0 Å². The van der Waals surface area contributed by atoms with E-state index in [1.165, 1.54) is 57.8 Å². The average molecular weight is 428 g/mol. The number of rotatable bonds is 17. The molecule has 1 aliphatic rings.